The first-order chi connectivity index (χ1) is 17.6. The Kier molecular flexibility index (Phi) is 7.96. The maximum atomic E-state index is 11.8. The van der Waals surface area contributed by atoms with Crippen molar-refractivity contribution >= 4 is 39.5 Å². The van der Waals surface area contributed by atoms with Gasteiger partial charge in [0.05, 0.1) is 23.8 Å². The van der Waals surface area contributed by atoms with Gasteiger partial charge in [-0.15, -0.1) is 0 Å². The van der Waals surface area contributed by atoms with Crippen LogP contribution in [0.5, 0.6) is 0 Å². The zero-order valence-corrected chi connectivity index (χ0v) is 20.4. The van der Waals surface area contributed by atoms with E-state index in [4.69, 9.17) is 5.84 Å². The number of nitrogens with two attached hydrogens (primary N) is 1. The van der Waals surface area contributed by atoms with Crippen LogP contribution in [0, 0.1) is 0 Å². The van der Waals surface area contributed by atoms with Crippen LogP contribution in [0.3, 0.4) is 0 Å². The summed E-state index contributed by atoms with van der Waals surface area (Å²) in [6.45, 7) is 0. The quantitative estimate of drug-likeness (QED) is 0.135. The molecule has 0 aliphatic carbocycles. The third-order valence-corrected chi connectivity index (χ3v) is 5.51. The van der Waals surface area contributed by atoms with E-state index in [1.54, 1.807) is 43.0 Å². The van der Waals surface area contributed by atoms with Crippen LogP contribution in [0.1, 0.15) is 26.5 Å². The van der Waals surface area contributed by atoms with Gasteiger partial charge in [-0.3, -0.25) is 20.0 Å². The molecule has 36 heavy (non-hydrogen) atoms. The maximum Gasteiger partial charge on any atom is 0.283 e. The minimum atomic E-state index is -0.375. The van der Waals surface area contributed by atoms with Crippen molar-refractivity contribution in [2.75, 3.05) is 0 Å². The number of amides is 2. The maximum absolute atomic E-state index is 11.8. The molecule has 0 bridgehead atoms. The molecule has 0 aliphatic heterocycles. The highest BCUT2D eigenvalue weighted by atomic mass is 79.9. The molecule has 0 spiro atoms. The molecular weight excluding hydrogens is 524 g/mol. The van der Waals surface area contributed by atoms with Gasteiger partial charge in [0.15, 0.2) is 0 Å². The van der Waals surface area contributed by atoms with Gasteiger partial charge in [-0.2, -0.15) is 10.2 Å². The summed E-state index contributed by atoms with van der Waals surface area (Å²) in [6, 6.07) is 22.2. The fourth-order valence-electron chi connectivity index (χ4n) is 3.25. The Hall–Kier alpha value is -4.61. The van der Waals surface area contributed by atoms with Crippen molar-refractivity contribution in [3.05, 3.63) is 119 Å². The molecule has 0 radical (unpaired) electrons. The summed E-state index contributed by atoms with van der Waals surface area (Å²) in [6.07, 6.45) is 8.25. The number of nitrogen functional groups attached to an aromatic ring is 1. The van der Waals surface area contributed by atoms with E-state index in [1.165, 1.54) is 4.68 Å². The van der Waals surface area contributed by atoms with Crippen molar-refractivity contribution in [2.45, 2.75) is 0 Å². The first kappa shape index (κ1) is 24.5. The lowest BCUT2D eigenvalue weighted by molar-refractivity contribution is 0.0941. The Bertz CT molecular complexity index is 1490. The molecule has 0 aliphatic rings. The molecule has 0 atom stereocenters. The molecule has 0 saturated carbocycles. The predicted molar refractivity (Wildman–Crippen MR) is 140 cm³/mol. The van der Waals surface area contributed by atoms with Crippen LogP contribution in [0.25, 0.3) is 11.2 Å². The molecule has 1 aromatic carbocycles. The molecular formula is C25H21BrN8O2. The third-order valence-electron chi connectivity index (χ3n) is 4.98. The largest absolute Gasteiger partial charge is 0.316 e. The number of hydrogen-bond acceptors (Lipinski definition) is 6. The molecule has 0 unspecified atom stereocenters. The third kappa shape index (κ3) is 5.90. The van der Waals surface area contributed by atoms with Crippen LogP contribution < -0.4 is 16.7 Å². The van der Waals surface area contributed by atoms with Crippen molar-refractivity contribution in [1.29, 1.82) is 0 Å². The molecule has 4 heterocycles. The van der Waals surface area contributed by atoms with Gasteiger partial charge in [0, 0.05) is 34.1 Å². The number of carbonyl (C=O) groups excluding carboxylic acids is 2. The number of nitrogens with zero attached hydrogens (tertiary/aromatic N) is 5. The molecule has 5 rings (SSSR count). The molecule has 10 nitrogen and oxygen atoms in total. The standard InChI is InChI=1S/C15H12N4O.C10H9BrN4O/c20-15(12-6-8-16-9-7-12)18-17-11-14-5-4-13-3-1-2-10-19(13)14;11-7-1-3-8(4-2-7)15-9(5-6-13-15)10(16)14-12/h1-11H,(H,18,20);1-6H,12H2,(H,14,16). The number of nitrogens with one attached hydrogen (secondary N) is 2. The number of carbonyl (C=O) groups is 2. The average molecular weight is 545 g/mol. The highest BCUT2D eigenvalue weighted by Crippen LogP contribution is 2.15. The normalized spacial score (nSPS) is 10.6. The van der Waals surface area contributed by atoms with E-state index in [2.05, 4.69) is 42.0 Å². The predicted octanol–water partition coefficient (Wildman–Crippen LogP) is 3.34. The summed E-state index contributed by atoms with van der Waals surface area (Å²) in [4.78, 5) is 27.1. The average Bonchev–Trinajstić information content (AvgIpc) is 3.57. The number of pyridine rings is 2. The second-order valence-corrected chi connectivity index (χ2v) is 8.18. The highest BCUT2D eigenvalue weighted by Gasteiger charge is 2.11. The number of hydrazine groups is 1. The SMILES string of the molecule is NNC(=O)c1ccnn1-c1ccc(Br)cc1.O=C(NN=Cc1ccc2ccccn12)c1ccncc1. The second-order valence-electron chi connectivity index (χ2n) is 7.27. The van der Waals surface area contributed by atoms with Crippen molar-refractivity contribution in [1.82, 2.24) is 30.0 Å². The summed E-state index contributed by atoms with van der Waals surface area (Å²) in [5.41, 5.74) is 8.26. The van der Waals surface area contributed by atoms with E-state index in [1.807, 2.05) is 65.2 Å². The Labute approximate surface area is 214 Å². The van der Waals surface area contributed by atoms with Crippen molar-refractivity contribution in [3.63, 3.8) is 0 Å². The molecule has 2 amide bonds. The van der Waals surface area contributed by atoms with Crippen LogP contribution in [0.4, 0.5) is 0 Å². The van der Waals surface area contributed by atoms with E-state index >= 15 is 0 Å². The molecule has 180 valence electrons. The Morgan fingerprint density at radius 1 is 0.917 bits per heavy atom. The minimum absolute atomic E-state index is 0.260. The van der Waals surface area contributed by atoms with Crippen LogP contribution in [-0.2, 0) is 0 Å². The molecule has 4 N–H and O–H groups in total. The molecule has 5 aromatic rings. The van der Waals surface area contributed by atoms with Crippen molar-refractivity contribution in [2.24, 2.45) is 10.9 Å². The highest BCUT2D eigenvalue weighted by molar-refractivity contribution is 9.10. The second kappa shape index (κ2) is 11.7. The van der Waals surface area contributed by atoms with E-state index in [9.17, 15) is 9.59 Å². The summed E-state index contributed by atoms with van der Waals surface area (Å²) >= 11 is 3.34. The Morgan fingerprint density at radius 2 is 1.69 bits per heavy atom. The fourth-order valence-corrected chi connectivity index (χ4v) is 3.51. The van der Waals surface area contributed by atoms with Crippen LogP contribution in [0.15, 0.2) is 107 Å². The number of hydrazone groups is 1. The van der Waals surface area contributed by atoms with Gasteiger partial charge in [0.25, 0.3) is 11.8 Å². The topological polar surface area (TPSA) is 132 Å². The molecule has 11 heteroatoms. The van der Waals surface area contributed by atoms with Crippen LogP contribution in [0.2, 0.25) is 0 Å². The van der Waals surface area contributed by atoms with E-state index in [0.29, 0.717) is 11.3 Å². The number of fused-ring (bicyclic) bond motifs is 1. The van der Waals surface area contributed by atoms with Gasteiger partial charge in [0.1, 0.15) is 5.69 Å². The van der Waals surface area contributed by atoms with Crippen LogP contribution >= 0.6 is 15.9 Å². The first-order valence-electron chi connectivity index (χ1n) is 10.7. The van der Waals surface area contributed by atoms with Gasteiger partial charge < -0.3 is 4.40 Å². The summed E-state index contributed by atoms with van der Waals surface area (Å²) in [5, 5.41) is 8.04. The molecule has 0 fully saturated rings. The number of benzene rings is 1. The zero-order chi connectivity index (χ0) is 25.3. The first-order valence-corrected chi connectivity index (χ1v) is 11.5. The van der Waals surface area contributed by atoms with E-state index in [0.717, 1.165) is 21.4 Å². The number of rotatable bonds is 5. The summed E-state index contributed by atoms with van der Waals surface area (Å²) in [5.74, 6) is 4.45. The fraction of sp³-hybridized carbons (Fsp3) is 0. The molecule has 4 aromatic heterocycles. The number of aromatic nitrogens is 4. The van der Waals surface area contributed by atoms with E-state index in [-0.39, 0.29) is 11.8 Å². The lowest BCUT2D eigenvalue weighted by Crippen LogP contribution is -2.31. The number of hydrogen-bond donors (Lipinski definition) is 3. The van der Waals surface area contributed by atoms with E-state index < -0.39 is 0 Å². The van der Waals surface area contributed by atoms with Gasteiger partial charge in [-0.05, 0) is 66.7 Å². The summed E-state index contributed by atoms with van der Waals surface area (Å²) in [7, 11) is 0. The molecule has 0 saturated heterocycles. The van der Waals surface area contributed by atoms with Gasteiger partial charge in [-0.1, -0.05) is 22.0 Å². The lowest BCUT2D eigenvalue weighted by Gasteiger charge is -2.05. The monoisotopic (exact) mass is 544 g/mol. The van der Waals surface area contributed by atoms with Crippen LogP contribution in [-0.4, -0.2) is 37.2 Å². The van der Waals surface area contributed by atoms with Gasteiger partial charge >= 0.3 is 0 Å². The number of halogens is 1. The zero-order valence-electron chi connectivity index (χ0n) is 18.8. The Morgan fingerprint density at radius 3 is 2.44 bits per heavy atom. The van der Waals surface area contributed by atoms with Gasteiger partial charge in [-0.25, -0.2) is 16.0 Å². The minimum Gasteiger partial charge on any atom is -0.316 e. The smallest absolute Gasteiger partial charge is 0.283 e. The van der Waals surface area contributed by atoms with Gasteiger partial charge in [0.2, 0.25) is 0 Å². The lowest BCUT2D eigenvalue weighted by atomic mass is 10.3. The Balaban J connectivity index is 0.000000174. The summed E-state index contributed by atoms with van der Waals surface area (Å²) < 4.78 is 4.48. The van der Waals surface area contributed by atoms with Crippen molar-refractivity contribution < 1.29 is 9.59 Å². The van der Waals surface area contributed by atoms with Crippen molar-refractivity contribution in [3.8, 4) is 5.69 Å².